The Morgan fingerprint density at radius 1 is 1.53 bits per heavy atom. The second-order valence-corrected chi connectivity index (χ2v) is 5.23. The smallest absolute Gasteiger partial charge is 0.282 e. The molecule has 0 unspecified atom stereocenters. The standard InChI is InChI=1S/C7H6ClF2NO3S/c1-3-2-11-7(15(8,13)14)5(12)4(3)6(9)10/h2,6,12H,1H3. The normalized spacial score (nSPS) is 12.1. The van der Waals surface area contributed by atoms with Gasteiger partial charge in [-0.15, -0.1) is 0 Å². The van der Waals surface area contributed by atoms with E-state index < -0.39 is 31.8 Å². The Morgan fingerprint density at radius 2 is 2.07 bits per heavy atom. The van der Waals surface area contributed by atoms with Crippen LogP contribution in [0, 0.1) is 6.92 Å². The molecule has 0 amide bonds. The number of hydrogen-bond donors (Lipinski definition) is 1. The van der Waals surface area contributed by atoms with Crippen molar-refractivity contribution < 1.29 is 22.3 Å². The average Bonchev–Trinajstić information content (AvgIpc) is 2.00. The molecule has 0 fully saturated rings. The zero-order valence-corrected chi connectivity index (χ0v) is 8.98. The van der Waals surface area contributed by atoms with Gasteiger partial charge in [-0.3, -0.25) is 0 Å². The van der Waals surface area contributed by atoms with Crippen LogP contribution in [-0.4, -0.2) is 18.5 Å². The van der Waals surface area contributed by atoms with Crippen molar-refractivity contribution in [2.24, 2.45) is 0 Å². The molecule has 1 rings (SSSR count). The van der Waals surface area contributed by atoms with Gasteiger partial charge in [-0.1, -0.05) is 0 Å². The van der Waals surface area contributed by atoms with Gasteiger partial charge in [-0.05, 0) is 12.5 Å². The third kappa shape index (κ3) is 2.35. The summed E-state index contributed by atoms with van der Waals surface area (Å²) < 4.78 is 46.5. The highest BCUT2D eigenvalue weighted by atomic mass is 35.7. The van der Waals surface area contributed by atoms with Crippen molar-refractivity contribution in [3.63, 3.8) is 0 Å². The molecule has 0 bridgehead atoms. The van der Waals surface area contributed by atoms with E-state index in [0.29, 0.717) is 0 Å². The highest BCUT2D eigenvalue weighted by Gasteiger charge is 2.25. The molecule has 0 saturated carbocycles. The molecule has 1 aromatic heterocycles. The minimum Gasteiger partial charge on any atom is -0.504 e. The lowest BCUT2D eigenvalue weighted by atomic mass is 10.1. The summed E-state index contributed by atoms with van der Waals surface area (Å²) in [6.07, 6.45) is -2.08. The van der Waals surface area contributed by atoms with E-state index >= 15 is 0 Å². The number of aryl methyl sites for hydroxylation is 1. The van der Waals surface area contributed by atoms with Crippen molar-refractivity contribution in [3.8, 4) is 5.75 Å². The lowest BCUT2D eigenvalue weighted by Crippen LogP contribution is -2.01. The van der Waals surface area contributed by atoms with Gasteiger partial charge in [0, 0.05) is 16.9 Å². The van der Waals surface area contributed by atoms with Crippen molar-refractivity contribution in [1.29, 1.82) is 0 Å². The Hall–Kier alpha value is -0.950. The Bertz CT molecular complexity index is 489. The summed E-state index contributed by atoms with van der Waals surface area (Å²) in [6, 6.07) is 0. The molecule has 0 radical (unpaired) electrons. The molecule has 1 N–H and O–H groups in total. The SMILES string of the molecule is Cc1cnc(S(=O)(=O)Cl)c(O)c1C(F)F. The Labute approximate surface area is 88.9 Å². The summed E-state index contributed by atoms with van der Waals surface area (Å²) in [5.41, 5.74) is -0.782. The highest BCUT2D eigenvalue weighted by molar-refractivity contribution is 8.13. The molecule has 1 heterocycles. The first kappa shape index (κ1) is 12.1. The minimum atomic E-state index is -4.33. The van der Waals surface area contributed by atoms with E-state index in [1.807, 2.05) is 0 Å². The first-order valence-electron chi connectivity index (χ1n) is 3.66. The molecular weight excluding hydrogens is 252 g/mol. The maximum absolute atomic E-state index is 12.4. The summed E-state index contributed by atoms with van der Waals surface area (Å²) in [6.45, 7) is 1.28. The van der Waals surface area contributed by atoms with Crippen LogP contribution in [-0.2, 0) is 9.05 Å². The highest BCUT2D eigenvalue weighted by Crippen LogP contribution is 2.35. The molecule has 4 nitrogen and oxygen atoms in total. The Balaban J connectivity index is 3.56. The number of hydrogen-bond acceptors (Lipinski definition) is 4. The summed E-state index contributed by atoms with van der Waals surface area (Å²) in [4.78, 5) is 3.29. The fourth-order valence-corrected chi connectivity index (χ4v) is 1.90. The number of pyridine rings is 1. The largest absolute Gasteiger partial charge is 0.504 e. The van der Waals surface area contributed by atoms with Crippen LogP contribution in [0.5, 0.6) is 5.75 Å². The molecule has 8 heteroatoms. The number of aromatic nitrogens is 1. The van der Waals surface area contributed by atoms with E-state index in [2.05, 4.69) is 4.98 Å². The van der Waals surface area contributed by atoms with Gasteiger partial charge in [0.1, 0.15) is 0 Å². The molecule has 1 aromatic rings. The maximum Gasteiger partial charge on any atom is 0.282 e. The molecule has 0 atom stereocenters. The van der Waals surface area contributed by atoms with E-state index in [-0.39, 0.29) is 5.56 Å². The van der Waals surface area contributed by atoms with Crippen LogP contribution in [0.1, 0.15) is 17.6 Å². The summed E-state index contributed by atoms with van der Waals surface area (Å²) in [5, 5.41) is 8.32. The third-order valence-corrected chi connectivity index (χ3v) is 2.91. The number of rotatable bonds is 2. The van der Waals surface area contributed by atoms with Crippen molar-refractivity contribution in [3.05, 3.63) is 17.3 Å². The number of aromatic hydroxyl groups is 1. The van der Waals surface area contributed by atoms with Gasteiger partial charge in [-0.2, -0.15) is 0 Å². The number of nitrogens with zero attached hydrogens (tertiary/aromatic N) is 1. The van der Waals surface area contributed by atoms with Crippen LogP contribution in [0.2, 0.25) is 0 Å². The first-order chi connectivity index (χ1) is 6.75. The van der Waals surface area contributed by atoms with Crippen molar-refractivity contribution in [2.45, 2.75) is 18.4 Å². The summed E-state index contributed by atoms with van der Waals surface area (Å²) >= 11 is 0. The van der Waals surface area contributed by atoms with Crippen LogP contribution in [0.15, 0.2) is 11.2 Å². The molecule has 15 heavy (non-hydrogen) atoms. The molecule has 0 spiro atoms. The quantitative estimate of drug-likeness (QED) is 0.823. The molecule has 0 aliphatic rings. The Kier molecular flexibility index (Phi) is 3.15. The fraction of sp³-hybridized carbons (Fsp3) is 0.286. The minimum absolute atomic E-state index is 0.00781. The van der Waals surface area contributed by atoms with Gasteiger partial charge < -0.3 is 5.11 Å². The van der Waals surface area contributed by atoms with Crippen LogP contribution >= 0.6 is 10.7 Å². The lowest BCUT2D eigenvalue weighted by Gasteiger charge is -2.08. The summed E-state index contributed by atoms with van der Waals surface area (Å²) in [7, 11) is 0.569. The monoisotopic (exact) mass is 257 g/mol. The van der Waals surface area contributed by atoms with Crippen LogP contribution in [0.25, 0.3) is 0 Å². The van der Waals surface area contributed by atoms with Gasteiger partial charge in [0.05, 0.1) is 5.56 Å². The molecule has 0 aliphatic heterocycles. The van der Waals surface area contributed by atoms with Crippen molar-refractivity contribution in [1.82, 2.24) is 4.98 Å². The Morgan fingerprint density at radius 3 is 2.47 bits per heavy atom. The van der Waals surface area contributed by atoms with Gasteiger partial charge in [0.15, 0.2) is 5.75 Å². The van der Waals surface area contributed by atoms with Gasteiger partial charge in [-0.25, -0.2) is 22.2 Å². The second kappa shape index (κ2) is 3.90. The zero-order chi connectivity index (χ0) is 11.8. The van der Waals surface area contributed by atoms with Gasteiger partial charge in [0.25, 0.3) is 15.5 Å². The predicted octanol–water partition coefficient (Wildman–Crippen LogP) is 1.96. The van der Waals surface area contributed by atoms with Crippen LogP contribution in [0.3, 0.4) is 0 Å². The molecule has 84 valence electrons. The van der Waals surface area contributed by atoms with E-state index in [1.165, 1.54) is 6.92 Å². The topological polar surface area (TPSA) is 67.3 Å². The van der Waals surface area contributed by atoms with Crippen LogP contribution < -0.4 is 0 Å². The predicted molar refractivity (Wildman–Crippen MR) is 48.6 cm³/mol. The third-order valence-electron chi connectivity index (χ3n) is 1.71. The molecule has 0 aliphatic carbocycles. The fourth-order valence-electron chi connectivity index (χ4n) is 1.04. The molecular formula is C7H6ClF2NO3S. The zero-order valence-electron chi connectivity index (χ0n) is 7.41. The van der Waals surface area contributed by atoms with Gasteiger partial charge >= 0.3 is 0 Å². The number of halogens is 3. The molecule has 0 aromatic carbocycles. The summed E-state index contributed by atoms with van der Waals surface area (Å²) in [5.74, 6) is -1.10. The second-order valence-electron chi connectivity index (χ2n) is 2.75. The van der Waals surface area contributed by atoms with Crippen molar-refractivity contribution in [2.75, 3.05) is 0 Å². The van der Waals surface area contributed by atoms with Gasteiger partial charge in [0.2, 0.25) is 5.03 Å². The van der Waals surface area contributed by atoms with E-state index in [1.54, 1.807) is 0 Å². The van der Waals surface area contributed by atoms with Crippen LogP contribution in [0.4, 0.5) is 8.78 Å². The maximum atomic E-state index is 12.4. The lowest BCUT2D eigenvalue weighted by molar-refractivity contribution is 0.145. The average molecular weight is 258 g/mol. The first-order valence-corrected chi connectivity index (χ1v) is 5.97. The molecule has 0 saturated heterocycles. The van der Waals surface area contributed by atoms with E-state index in [9.17, 15) is 22.3 Å². The van der Waals surface area contributed by atoms with Crippen molar-refractivity contribution >= 4 is 19.7 Å². The number of alkyl halides is 2. The van der Waals surface area contributed by atoms with E-state index in [0.717, 1.165) is 6.20 Å². The van der Waals surface area contributed by atoms with E-state index in [4.69, 9.17) is 10.7 Å².